The lowest BCUT2D eigenvalue weighted by Crippen LogP contribution is -2.37. The molecule has 0 bridgehead atoms. The van der Waals surface area contributed by atoms with E-state index in [1.165, 1.54) is 0 Å². The maximum atomic E-state index is 12.7. The van der Waals surface area contributed by atoms with E-state index in [9.17, 15) is 13.2 Å². The van der Waals surface area contributed by atoms with E-state index >= 15 is 0 Å². The number of H-pyrrole nitrogens is 1. The van der Waals surface area contributed by atoms with E-state index < -0.39 is 10.0 Å². The summed E-state index contributed by atoms with van der Waals surface area (Å²) in [6, 6.07) is 6.67. The molecule has 0 radical (unpaired) electrons. The number of rotatable bonds is 8. The van der Waals surface area contributed by atoms with Crippen molar-refractivity contribution in [1.29, 1.82) is 0 Å². The Morgan fingerprint density at radius 1 is 1.26 bits per heavy atom. The molecular weight excluding hydrogens is 364 g/mol. The van der Waals surface area contributed by atoms with Gasteiger partial charge in [-0.1, -0.05) is 0 Å². The number of piperidine rings is 1. The third-order valence-corrected chi connectivity index (χ3v) is 5.48. The fraction of sp³-hybridized carbons (Fsp3) is 0.474. The van der Waals surface area contributed by atoms with Crippen molar-refractivity contribution in [3.63, 3.8) is 0 Å². The number of nitrogens with zero attached hydrogens (tertiary/aromatic N) is 2. The maximum absolute atomic E-state index is 12.7. The molecule has 1 aromatic heterocycles. The van der Waals surface area contributed by atoms with Gasteiger partial charge < -0.3 is 9.88 Å². The molecule has 2 heterocycles. The van der Waals surface area contributed by atoms with Gasteiger partial charge in [0.15, 0.2) is 5.78 Å². The molecule has 1 saturated heterocycles. The summed E-state index contributed by atoms with van der Waals surface area (Å²) in [5.41, 5.74) is 1.12. The second-order valence-electron chi connectivity index (χ2n) is 7.07. The molecule has 2 N–H and O–H groups in total. The van der Waals surface area contributed by atoms with Crippen LogP contribution in [0.4, 0.5) is 5.69 Å². The van der Waals surface area contributed by atoms with Gasteiger partial charge in [0, 0.05) is 36.0 Å². The fourth-order valence-corrected chi connectivity index (χ4v) is 4.04. The molecule has 2 aromatic rings. The topological polar surface area (TPSA) is 95.2 Å². The standard InChI is InChI=1S/C19H26N4O3S/c1-27(25,26)22-17-6-4-15(5-7-17)19(24)16-8-13-23(14-9-16)12-2-3-18-20-10-11-21-18/h4-7,10-11,16,22H,2-3,8-9,12-14H2,1H3,(H,20,21). The largest absolute Gasteiger partial charge is 0.349 e. The van der Waals surface area contributed by atoms with E-state index in [4.69, 9.17) is 0 Å². The van der Waals surface area contributed by atoms with Crippen LogP contribution in [0.3, 0.4) is 0 Å². The van der Waals surface area contributed by atoms with Gasteiger partial charge in [0.1, 0.15) is 5.82 Å². The van der Waals surface area contributed by atoms with Crippen LogP contribution in [0.2, 0.25) is 0 Å². The Morgan fingerprint density at radius 3 is 2.56 bits per heavy atom. The van der Waals surface area contributed by atoms with Crippen LogP contribution in [0.15, 0.2) is 36.7 Å². The Kier molecular flexibility index (Phi) is 6.28. The number of ketones is 1. The number of carbonyl (C=O) groups excluding carboxylic acids is 1. The van der Waals surface area contributed by atoms with Crippen molar-refractivity contribution in [2.24, 2.45) is 5.92 Å². The van der Waals surface area contributed by atoms with Gasteiger partial charge in [-0.05, 0) is 63.2 Å². The van der Waals surface area contributed by atoms with E-state index in [0.29, 0.717) is 11.3 Å². The molecule has 0 aliphatic carbocycles. The van der Waals surface area contributed by atoms with Crippen molar-refractivity contribution >= 4 is 21.5 Å². The SMILES string of the molecule is CS(=O)(=O)Nc1ccc(C(=O)C2CCN(CCCc3ncc[nH]3)CC2)cc1. The summed E-state index contributed by atoms with van der Waals surface area (Å²) in [6.45, 7) is 2.89. The van der Waals surface area contributed by atoms with Crippen molar-refractivity contribution < 1.29 is 13.2 Å². The van der Waals surface area contributed by atoms with Crippen molar-refractivity contribution in [3.8, 4) is 0 Å². The average Bonchev–Trinajstić information content (AvgIpc) is 3.14. The third-order valence-electron chi connectivity index (χ3n) is 4.87. The van der Waals surface area contributed by atoms with E-state index in [1.807, 2.05) is 6.20 Å². The molecule has 0 unspecified atom stereocenters. The Bertz CT molecular complexity index is 840. The first-order chi connectivity index (χ1) is 12.9. The molecule has 27 heavy (non-hydrogen) atoms. The summed E-state index contributed by atoms with van der Waals surface area (Å²) in [5, 5.41) is 0. The lowest BCUT2D eigenvalue weighted by Gasteiger charge is -2.31. The minimum atomic E-state index is -3.31. The van der Waals surface area contributed by atoms with Gasteiger partial charge in [-0.15, -0.1) is 0 Å². The van der Waals surface area contributed by atoms with E-state index in [2.05, 4.69) is 19.6 Å². The molecular formula is C19H26N4O3S. The number of benzene rings is 1. The molecule has 1 aliphatic rings. The van der Waals surface area contributed by atoms with Crippen LogP contribution < -0.4 is 4.72 Å². The van der Waals surface area contributed by atoms with Crippen LogP contribution in [0, 0.1) is 5.92 Å². The van der Waals surface area contributed by atoms with Crippen molar-refractivity contribution in [1.82, 2.24) is 14.9 Å². The maximum Gasteiger partial charge on any atom is 0.229 e. The van der Waals surface area contributed by atoms with Crippen LogP contribution in [0.1, 0.15) is 35.4 Å². The van der Waals surface area contributed by atoms with Crippen molar-refractivity contribution in [2.75, 3.05) is 30.6 Å². The number of imidazole rings is 1. The minimum absolute atomic E-state index is 0.0417. The van der Waals surface area contributed by atoms with Crippen LogP contribution >= 0.6 is 0 Å². The van der Waals surface area contributed by atoms with Gasteiger partial charge in [-0.3, -0.25) is 9.52 Å². The summed E-state index contributed by atoms with van der Waals surface area (Å²) < 4.78 is 24.9. The molecule has 1 aliphatic heterocycles. The van der Waals surface area contributed by atoms with Gasteiger partial charge in [-0.2, -0.15) is 0 Å². The first-order valence-corrected chi connectivity index (χ1v) is 11.1. The molecule has 7 nitrogen and oxygen atoms in total. The number of aromatic amines is 1. The van der Waals surface area contributed by atoms with Gasteiger partial charge in [0.25, 0.3) is 0 Å². The molecule has 3 rings (SSSR count). The summed E-state index contributed by atoms with van der Waals surface area (Å²) in [5.74, 6) is 1.21. The molecule has 146 valence electrons. The van der Waals surface area contributed by atoms with Gasteiger partial charge in [0.05, 0.1) is 6.26 Å². The predicted octanol–water partition coefficient (Wildman–Crippen LogP) is 2.31. The molecule has 0 amide bonds. The van der Waals surface area contributed by atoms with E-state index in [0.717, 1.165) is 57.4 Å². The molecule has 0 spiro atoms. The highest BCUT2D eigenvalue weighted by Gasteiger charge is 2.25. The highest BCUT2D eigenvalue weighted by Crippen LogP contribution is 2.23. The number of anilines is 1. The number of carbonyl (C=O) groups is 1. The zero-order valence-electron chi connectivity index (χ0n) is 15.5. The monoisotopic (exact) mass is 390 g/mol. The first-order valence-electron chi connectivity index (χ1n) is 9.23. The van der Waals surface area contributed by atoms with Crippen LogP contribution in [-0.4, -0.2) is 55.0 Å². The number of likely N-dealkylation sites (tertiary alicyclic amines) is 1. The van der Waals surface area contributed by atoms with Gasteiger partial charge >= 0.3 is 0 Å². The molecule has 1 aromatic carbocycles. The van der Waals surface area contributed by atoms with Crippen LogP contribution in [0.25, 0.3) is 0 Å². The predicted molar refractivity (Wildman–Crippen MR) is 105 cm³/mol. The van der Waals surface area contributed by atoms with E-state index in [-0.39, 0.29) is 11.7 Å². The number of hydrogen-bond acceptors (Lipinski definition) is 5. The molecule has 1 fully saturated rings. The summed E-state index contributed by atoms with van der Waals surface area (Å²) >= 11 is 0. The summed E-state index contributed by atoms with van der Waals surface area (Å²) in [7, 11) is -3.31. The van der Waals surface area contributed by atoms with E-state index in [1.54, 1.807) is 30.5 Å². The Balaban J connectivity index is 1.45. The normalized spacial score (nSPS) is 16.3. The Morgan fingerprint density at radius 2 is 1.96 bits per heavy atom. The number of Topliss-reactive ketones (excluding diaryl/α,β-unsaturated/α-hetero) is 1. The van der Waals surface area contributed by atoms with Crippen LogP contribution in [-0.2, 0) is 16.4 Å². The minimum Gasteiger partial charge on any atom is -0.349 e. The second kappa shape index (κ2) is 8.67. The second-order valence-corrected chi connectivity index (χ2v) is 8.82. The van der Waals surface area contributed by atoms with Crippen LogP contribution in [0.5, 0.6) is 0 Å². The third kappa shape index (κ3) is 5.90. The smallest absolute Gasteiger partial charge is 0.229 e. The lowest BCUT2D eigenvalue weighted by molar-refractivity contribution is 0.0839. The average molecular weight is 391 g/mol. The fourth-order valence-electron chi connectivity index (χ4n) is 3.48. The van der Waals surface area contributed by atoms with Crippen molar-refractivity contribution in [3.05, 3.63) is 48.0 Å². The summed E-state index contributed by atoms with van der Waals surface area (Å²) in [4.78, 5) is 22.5. The highest BCUT2D eigenvalue weighted by atomic mass is 32.2. The number of nitrogens with one attached hydrogen (secondary N) is 2. The molecule has 8 heteroatoms. The quantitative estimate of drug-likeness (QED) is 0.675. The number of sulfonamides is 1. The lowest BCUT2D eigenvalue weighted by atomic mass is 9.89. The summed E-state index contributed by atoms with van der Waals surface area (Å²) in [6.07, 6.45) is 8.45. The number of aromatic nitrogens is 2. The van der Waals surface area contributed by atoms with Gasteiger partial charge in [0.2, 0.25) is 10.0 Å². The highest BCUT2D eigenvalue weighted by molar-refractivity contribution is 7.92. The van der Waals surface area contributed by atoms with Crippen molar-refractivity contribution in [2.45, 2.75) is 25.7 Å². The Labute approximate surface area is 160 Å². The number of aryl methyl sites for hydroxylation is 1. The first kappa shape index (κ1) is 19.6. The number of hydrogen-bond donors (Lipinski definition) is 2. The Hall–Kier alpha value is -2.19. The zero-order valence-corrected chi connectivity index (χ0v) is 16.3. The van der Waals surface area contributed by atoms with Gasteiger partial charge in [-0.25, -0.2) is 13.4 Å². The zero-order chi connectivity index (χ0) is 19.3. The molecule has 0 saturated carbocycles. The molecule has 0 atom stereocenters.